The minimum atomic E-state index is 0.976. The van der Waals surface area contributed by atoms with E-state index in [2.05, 4.69) is 47.2 Å². The maximum Gasteiger partial charge on any atom is 0.0428 e. The van der Waals surface area contributed by atoms with Crippen molar-refractivity contribution >= 4 is 0 Å². The number of aromatic nitrogens is 1. The molecule has 0 amide bonds. The van der Waals surface area contributed by atoms with Crippen molar-refractivity contribution in [2.24, 2.45) is 0 Å². The molecule has 0 aliphatic carbocycles. The zero-order valence-electron chi connectivity index (χ0n) is 11.2. The molecule has 0 N–H and O–H groups in total. The van der Waals surface area contributed by atoms with Gasteiger partial charge in [-0.3, -0.25) is 4.98 Å². The predicted molar refractivity (Wildman–Crippen MR) is 79.7 cm³/mol. The van der Waals surface area contributed by atoms with Gasteiger partial charge in [0.25, 0.3) is 0 Å². The lowest BCUT2D eigenvalue weighted by atomic mass is 10.1. The quantitative estimate of drug-likeness (QED) is 0.570. The fourth-order valence-electron chi connectivity index (χ4n) is 1.97. The van der Waals surface area contributed by atoms with Gasteiger partial charge in [0.1, 0.15) is 0 Å². The first-order valence-corrected chi connectivity index (χ1v) is 6.88. The Bertz CT molecular complexity index is 520. The molecule has 1 heterocycles. The molecule has 0 fully saturated rings. The summed E-state index contributed by atoms with van der Waals surface area (Å²) in [5.41, 5.74) is 2.44. The highest BCUT2D eigenvalue weighted by Gasteiger charge is 1.91. The molecule has 0 spiro atoms. The normalized spacial score (nSPS) is 9.68. The highest BCUT2D eigenvalue weighted by molar-refractivity contribution is 5.30. The van der Waals surface area contributed by atoms with E-state index >= 15 is 0 Å². The Morgan fingerprint density at radius 2 is 1.79 bits per heavy atom. The van der Waals surface area contributed by atoms with E-state index in [1.807, 2.05) is 18.3 Å². The largest absolute Gasteiger partial charge is 0.263 e. The van der Waals surface area contributed by atoms with E-state index in [0.717, 1.165) is 12.0 Å². The molecule has 0 aliphatic heterocycles. The number of nitrogens with zero attached hydrogens (tertiary/aromatic N) is 1. The summed E-state index contributed by atoms with van der Waals surface area (Å²) in [5, 5.41) is 0. The lowest BCUT2D eigenvalue weighted by Gasteiger charge is -1.99. The minimum Gasteiger partial charge on any atom is -0.263 e. The van der Waals surface area contributed by atoms with E-state index in [0.29, 0.717) is 0 Å². The Hall–Kier alpha value is -2.07. The molecule has 1 nitrogen and oxygen atoms in total. The van der Waals surface area contributed by atoms with Gasteiger partial charge < -0.3 is 0 Å². The Balaban J connectivity index is 1.59. The van der Waals surface area contributed by atoms with Crippen LogP contribution in [0.4, 0.5) is 0 Å². The van der Waals surface area contributed by atoms with Crippen molar-refractivity contribution in [3.8, 4) is 11.8 Å². The van der Waals surface area contributed by atoms with Gasteiger partial charge in [-0.1, -0.05) is 48.6 Å². The second-order valence-electron chi connectivity index (χ2n) is 4.59. The van der Waals surface area contributed by atoms with Gasteiger partial charge in [0.15, 0.2) is 0 Å². The topological polar surface area (TPSA) is 12.9 Å². The molecule has 1 aromatic heterocycles. The molecule has 0 saturated carbocycles. The van der Waals surface area contributed by atoms with E-state index < -0.39 is 0 Å². The monoisotopic (exact) mass is 249 g/mol. The summed E-state index contributed by atoms with van der Waals surface area (Å²) in [7, 11) is 0. The van der Waals surface area contributed by atoms with Gasteiger partial charge in [-0.05, 0) is 37.0 Å². The zero-order chi connectivity index (χ0) is 13.2. The van der Waals surface area contributed by atoms with Gasteiger partial charge in [-0.15, -0.1) is 0 Å². The molecule has 0 bridgehead atoms. The maximum atomic E-state index is 4.04. The van der Waals surface area contributed by atoms with Crippen molar-refractivity contribution in [2.75, 3.05) is 0 Å². The fraction of sp³-hybridized carbons (Fsp3) is 0.278. The molecule has 0 radical (unpaired) electrons. The van der Waals surface area contributed by atoms with Crippen molar-refractivity contribution in [2.45, 2.75) is 32.1 Å². The van der Waals surface area contributed by atoms with Crippen LogP contribution in [0.3, 0.4) is 0 Å². The molecule has 96 valence electrons. The second-order valence-corrected chi connectivity index (χ2v) is 4.59. The molecule has 19 heavy (non-hydrogen) atoms. The Labute approximate surface area is 115 Å². The van der Waals surface area contributed by atoms with Crippen LogP contribution < -0.4 is 0 Å². The van der Waals surface area contributed by atoms with Gasteiger partial charge in [-0.2, -0.15) is 0 Å². The van der Waals surface area contributed by atoms with E-state index in [1.54, 1.807) is 6.20 Å². The lowest BCUT2D eigenvalue weighted by Crippen LogP contribution is -1.84. The first-order valence-electron chi connectivity index (χ1n) is 6.88. The molecule has 2 rings (SSSR count). The average Bonchev–Trinajstić information content (AvgIpc) is 2.48. The second kappa shape index (κ2) is 8.11. The SMILES string of the molecule is C(#Cc1cccnc1)CCCCCc1ccccc1. The van der Waals surface area contributed by atoms with E-state index in [1.165, 1.54) is 31.2 Å². The van der Waals surface area contributed by atoms with Crippen molar-refractivity contribution in [1.29, 1.82) is 0 Å². The van der Waals surface area contributed by atoms with Gasteiger partial charge in [-0.25, -0.2) is 0 Å². The van der Waals surface area contributed by atoms with Crippen LogP contribution in [0.15, 0.2) is 54.9 Å². The van der Waals surface area contributed by atoms with Crippen LogP contribution in [0, 0.1) is 11.8 Å². The highest BCUT2D eigenvalue weighted by atomic mass is 14.6. The third-order valence-electron chi connectivity index (χ3n) is 3.00. The van der Waals surface area contributed by atoms with Crippen LogP contribution in [0.2, 0.25) is 0 Å². The molecular weight excluding hydrogens is 230 g/mol. The van der Waals surface area contributed by atoms with Gasteiger partial charge in [0.2, 0.25) is 0 Å². The molecule has 2 aromatic rings. The third-order valence-corrected chi connectivity index (χ3v) is 3.00. The van der Waals surface area contributed by atoms with Crippen LogP contribution >= 0.6 is 0 Å². The third kappa shape index (κ3) is 5.40. The zero-order valence-corrected chi connectivity index (χ0v) is 11.2. The lowest BCUT2D eigenvalue weighted by molar-refractivity contribution is 0.692. The van der Waals surface area contributed by atoms with E-state index in [9.17, 15) is 0 Å². The number of hydrogen-bond acceptors (Lipinski definition) is 1. The first-order chi connectivity index (χ1) is 9.45. The number of pyridine rings is 1. The molecule has 0 aliphatic rings. The number of benzene rings is 1. The molecule has 0 saturated heterocycles. The molecule has 0 unspecified atom stereocenters. The number of unbranched alkanes of at least 4 members (excludes halogenated alkanes) is 3. The summed E-state index contributed by atoms with van der Waals surface area (Å²) in [6, 6.07) is 14.6. The van der Waals surface area contributed by atoms with Crippen molar-refractivity contribution in [3.05, 3.63) is 66.0 Å². The molecular formula is C18H19N. The van der Waals surface area contributed by atoms with Gasteiger partial charge >= 0.3 is 0 Å². The fourth-order valence-corrected chi connectivity index (χ4v) is 1.97. The number of aryl methyl sites for hydroxylation is 1. The van der Waals surface area contributed by atoms with Crippen LogP contribution in [-0.4, -0.2) is 4.98 Å². The summed E-state index contributed by atoms with van der Waals surface area (Å²) in [6.45, 7) is 0. The van der Waals surface area contributed by atoms with Crippen LogP contribution in [0.1, 0.15) is 36.8 Å². The minimum absolute atomic E-state index is 0.976. The molecule has 0 atom stereocenters. The van der Waals surface area contributed by atoms with Crippen LogP contribution in [0.5, 0.6) is 0 Å². The summed E-state index contributed by atoms with van der Waals surface area (Å²) in [4.78, 5) is 4.04. The Morgan fingerprint density at radius 3 is 2.58 bits per heavy atom. The van der Waals surface area contributed by atoms with E-state index in [-0.39, 0.29) is 0 Å². The maximum absolute atomic E-state index is 4.04. The Morgan fingerprint density at radius 1 is 0.895 bits per heavy atom. The highest BCUT2D eigenvalue weighted by Crippen LogP contribution is 2.07. The molecule has 1 aromatic carbocycles. The predicted octanol–water partition coefficient (Wildman–Crippen LogP) is 4.24. The van der Waals surface area contributed by atoms with Gasteiger partial charge in [0, 0.05) is 24.4 Å². The van der Waals surface area contributed by atoms with Gasteiger partial charge in [0.05, 0.1) is 0 Å². The average molecular weight is 249 g/mol. The Kier molecular flexibility index (Phi) is 5.70. The summed E-state index contributed by atoms with van der Waals surface area (Å²) >= 11 is 0. The van der Waals surface area contributed by atoms with Crippen molar-refractivity contribution < 1.29 is 0 Å². The summed E-state index contributed by atoms with van der Waals surface area (Å²) < 4.78 is 0. The smallest absolute Gasteiger partial charge is 0.0428 e. The first kappa shape index (κ1) is 13.4. The molecule has 1 heteroatoms. The number of rotatable bonds is 5. The standard InChI is InChI=1S/C18H19N/c1(2-5-10-17-11-7-4-8-12-17)3-6-13-18-14-9-15-19-16-18/h4,7-9,11-12,14-16H,1-3,5,10H2. The summed E-state index contributed by atoms with van der Waals surface area (Å²) in [5.74, 6) is 6.35. The van der Waals surface area contributed by atoms with E-state index in [4.69, 9.17) is 0 Å². The van der Waals surface area contributed by atoms with Crippen molar-refractivity contribution in [3.63, 3.8) is 0 Å². The van der Waals surface area contributed by atoms with Crippen molar-refractivity contribution in [1.82, 2.24) is 4.98 Å². The number of hydrogen-bond donors (Lipinski definition) is 0. The summed E-state index contributed by atoms with van der Waals surface area (Å²) in [6.07, 6.45) is 9.41. The van der Waals surface area contributed by atoms with Crippen LogP contribution in [-0.2, 0) is 6.42 Å². The van der Waals surface area contributed by atoms with Crippen LogP contribution in [0.25, 0.3) is 0 Å².